The molecule has 1 fully saturated rings. The summed E-state index contributed by atoms with van der Waals surface area (Å²) in [6.07, 6.45) is 6.67. The smallest absolute Gasteiger partial charge is 0.101 e. The minimum atomic E-state index is 0.399. The molecule has 1 aliphatic carbocycles. The number of benzene rings is 1. The second-order valence-electron chi connectivity index (χ2n) is 5.89. The topological polar surface area (TPSA) is 35.8 Å². The molecule has 1 aromatic rings. The molecule has 0 atom stereocenters. The van der Waals surface area contributed by atoms with Crippen molar-refractivity contribution in [3.8, 4) is 6.07 Å². The van der Waals surface area contributed by atoms with Crippen LogP contribution >= 0.6 is 0 Å². The largest absolute Gasteiger partial charge is 0.383 e. The van der Waals surface area contributed by atoms with E-state index in [1.807, 2.05) is 19.1 Å². The van der Waals surface area contributed by atoms with Crippen molar-refractivity contribution in [1.82, 2.24) is 0 Å². The van der Waals surface area contributed by atoms with Gasteiger partial charge in [0.1, 0.15) is 6.07 Å². The molecule has 18 heavy (non-hydrogen) atoms. The average Bonchev–Trinajstić information content (AvgIpc) is 2.38. The Labute approximate surface area is 110 Å². The zero-order chi connectivity index (χ0) is 13.0. The fourth-order valence-corrected chi connectivity index (χ4v) is 2.80. The lowest BCUT2D eigenvalue weighted by atomic mass is 9.75. The predicted octanol–water partition coefficient (Wildman–Crippen LogP) is 4.25. The maximum Gasteiger partial charge on any atom is 0.101 e. The first-order valence-electron chi connectivity index (χ1n) is 6.88. The molecule has 0 amide bonds. The van der Waals surface area contributed by atoms with Crippen LogP contribution in [0.25, 0.3) is 0 Å². The van der Waals surface area contributed by atoms with Gasteiger partial charge in [0, 0.05) is 6.54 Å². The zero-order valence-corrected chi connectivity index (χ0v) is 11.4. The molecule has 0 bridgehead atoms. The SMILES string of the molecule is Cc1ccc(NCC2(C)CCCCC2)c(C#N)c1. The van der Waals surface area contributed by atoms with Crippen LogP contribution in [0.15, 0.2) is 18.2 Å². The number of anilines is 1. The third-order valence-corrected chi connectivity index (χ3v) is 4.06. The zero-order valence-electron chi connectivity index (χ0n) is 11.4. The molecule has 0 spiro atoms. The van der Waals surface area contributed by atoms with Crippen molar-refractivity contribution in [1.29, 1.82) is 5.26 Å². The molecule has 0 aliphatic heterocycles. The minimum Gasteiger partial charge on any atom is -0.383 e. The second-order valence-corrected chi connectivity index (χ2v) is 5.89. The van der Waals surface area contributed by atoms with Crippen LogP contribution in [0.5, 0.6) is 0 Å². The highest BCUT2D eigenvalue weighted by Crippen LogP contribution is 2.36. The number of aryl methyl sites for hydroxylation is 1. The highest BCUT2D eigenvalue weighted by molar-refractivity contribution is 5.58. The quantitative estimate of drug-likeness (QED) is 0.860. The standard InChI is InChI=1S/C16H22N2/c1-13-6-7-15(14(10-13)11-17)18-12-16(2)8-4-3-5-9-16/h6-7,10,18H,3-5,8-9,12H2,1-2H3. The molecule has 1 aliphatic rings. The fraction of sp³-hybridized carbons (Fsp3) is 0.562. The molecule has 1 N–H and O–H groups in total. The first kappa shape index (κ1) is 13.0. The van der Waals surface area contributed by atoms with Gasteiger partial charge in [0.15, 0.2) is 0 Å². The number of nitrogens with zero attached hydrogens (tertiary/aromatic N) is 1. The molecule has 2 heteroatoms. The molecule has 0 unspecified atom stereocenters. The molecule has 2 rings (SSSR count). The van der Waals surface area contributed by atoms with Crippen LogP contribution in [-0.4, -0.2) is 6.54 Å². The number of nitrogens with one attached hydrogen (secondary N) is 1. The van der Waals surface area contributed by atoms with Crippen molar-refractivity contribution in [2.75, 3.05) is 11.9 Å². The van der Waals surface area contributed by atoms with E-state index in [1.165, 1.54) is 32.1 Å². The molecule has 96 valence electrons. The molecule has 1 saturated carbocycles. The van der Waals surface area contributed by atoms with Gasteiger partial charge in [-0.1, -0.05) is 32.3 Å². The van der Waals surface area contributed by atoms with Crippen molar-refractivity contribution in [3.63, 3.8) is 0 Å². The molecule has 0 radical (unpaired) electrons. The third-order valence-electron chi connectivity index (χ3n) is 4.06. The first-order chi connectivity index (χ1) is 8.63. The Bertz CT molecular complexity index is 451. The summed E-state index contributed by atoms with van der Waals surface area (Å²) < 4.78 is 0. The Kier molecular flexibility index (Phi) is 3.91. The van der Waals surface area contributed by atoms with Gasteiger partial charge in [0.25, 0.3) is 0 Å². The van der Waals surface area contributed by atoms with Crippen molar-refractivity contribution in [3.05, 3.63) is 29.3 Å². The maximum atomic E-state index is 9.15. The van der Waals surface area contributed by atoms with Gasteiger partial charge >= 0.3 is 0 Å². The van der Waals surface area contributed by atoms with E-state index in [1.54, 1.807) is 0 Å². The van der Waals surface area contributed by atoms with Gasteiger partial charge in [0.05, 0.1) is 11.3 Å². The van der Waals surface area contributed by atoms with Gasteiger partial charge in [-0.05, 0) is 42.9 Å². The van der Waals surface area contributed by atoms with E-state index in [9.17, 15) is 0 Å². The summed E-state index contributed by atoms with van der Waals surface area (Å²) in [5.41, 5.74) is 3.28. The van der Waals surface area contributed by atoms with Crippen molar-refractivity contribution < 1.29 is 0 Å². The van der Waals surface area contributed by atoms with Gasteiger partial charge in [-0.2, -0.15) is 5.26 Å². The van der Waals surface area contributed by atoms with Crippen molar-refractivity contribution in [2.45, 2.75) is 46.0 Å². The normalized spacial score (nSPS) is 18.1. The van der Waals surface area contributed by atoms with Crippen LogP contribution in [0.2, 0.25) is 0 Å². The second kappa shape index (κ2) is 5.44. The molecule has 2 nitrogen and oxygen atoms in total. The van der Waals surface area contributed by atoms with Crippen LogP contribution in [0, 0.1) is 23.7 Å². The monoisotopic (exact) mass is 242 g/mol. The molecule has 1 aromatic carbocycles. The van der Waals surface area contributed by atoms with Crippen LogP contribution in [0.4, 0.5) is 5.69 Å². The van der Waals surface area contributed by atoms with Gasteiger partial charge in [-0.15, -0.1) is 0 Å². The third kappa shape index (κ3) is 3.04. The molecular weight excluding hydrogens is 220 g/mol. The maximum absolute atomic E-state index is 9.15. The highest BCUT2D eigenvalue weighted by Gasteiger charge is 2.26. The predicted molar refractivity (Wildman–Crippen MR) is 75.6 cm³/mol. The molecule has 0 aromatic heterocycles. The van der Waals surface area contributed by atoms with Gasteiger partial charge in [-0.3, -0.25) is 0 Å². The Morgan fingerprint density at radius 2 is 2.00 bits per heavy atom. The van der Waals surface area contributed by atoms with E-state index in [4.69, 9.17) is 5.26 Å². The lowest BCUT2D eigenvalue weighted by molar-refractivity contribution is 0.233. The van der Waals surface area contributed by atoms with Crippen LogP contribution < -0.4 is 5.32 Å². The summed E-state index contributed by atoms with van der Waals surface area (Å²) in [7, 11) is 0. The summed E-state index contributed by atoms with van der Waals surface area (Å²) >= 11 is 0. The average molecular weight is 242 g/mol. The summed E-state index contributed by atoms with van der Waals surface area (Å²) in [5, 5.41) is 12.6. The van der Waals surface area contributed by atoms with Gasteiger partial charge < -0.3 is 5.32 Å². The number of rotatable bonds is 3. The summed E-state index contributed by atoms with van der Waals surface area (Å²) in [4.78, 5) is 0. The van der Waals surface area contributed by atoms with Crippen LogP contribution in [0.3, 0.4) is 0 Å². The lowest BCUT2D eigenvalue weighted by Gasteiger charge is -2.34. The van der Waals surface area contributed by atoms with Crippen molar-refractivity contribution in [2.24, 2.45) is 5.41 Å². The lowest BCUT2D eigenvalue weighted by Crippen LogP contribution is -2.29. The van der Waals surface area contributed by atoms with Gasteiger partial charge in [0.2, 0.25) is 0 Å². The minimum absolute atomic E-state index is 0.399. The Morgan fingerprint density at radius 3 is 2.67 bits per heavy atom. The molecular formula is C16H22N2. The van der Waals surface area contributed by atoms with Gasteiger partial charge in [-0.25, -0.2) is 0 Å². The summed E-state index contributed by atoms with van der Waals surface area (Å²) in [6.45, 7) is 5.36. The Hall–Kier alpha value is -1.49. The van der Waals surface area contributed by atoms with E-state index in [-0.39, 0.29) is 0 Å². The van der Waals surface area contributed by atoms with Crippen LogP contribution in [-0.2, 0) is 0 Å². The van der Waals surface area contributed by atoms with E-state index in [2.05, 4.69) is 24.4 Å². The van der Waals surface area contributed by atoms with E-state index in [0.717, 1.165) is 23.4 Å². The summed E-state index contributed by atoms with van der Waals surface area (Å²) in [5.74, 6) is 0. The van der Waals surface area contributed by atoms with E-state index >= 15 is 0 Å². The van der Waals surface area contributed by atoms with E-state index in [0.29, 0.717) is 5.41 Å². The molecule has 0 heterocycles. The summed E-state index contributed by atoms with van der Waals surface area (Å²) in [6, 6.07) is 8.31. The highest BCUT2D eigenvalue weighted by atomic mass is 14.9. The Morgan fingerprint density at radius 1 is 1.28 bits per heavy atom. The number of nitriles is 1. The number of hydrogen-bond donors (Lipinski definition) is 1. The number of hydrogen-bond acceptors (Lipinski definition) is 2. The van der Waals surface area contributed by atoms with E-state index < -0.39 is 0 Å². The van der Waals surface area contributed by atoms with Crippen molar-refractivity contribution >= 4 is 5.69 Å². The molecule has 0 saturated heterocycles. The Balaban J connectivity index is 2.04. The van der Waals surface area contributed by atoms with Crippen LogP contribution in [0.1, 0.15) is 50.2 Å². The first-order valence-corrected chi connectivity index (χ1v) is 6.88. The fourth-order valence-electron chi connectivity index (χ4n) is 2.80.